The first kappa shape index (κ1) is 20.5. The third-order valence-electron chi connectivity index (χ3n) is 4.93. The van der Waals surface area contributed by atoms with Crippen molar-refractivity contribution >= 4 is 17.9 Å². The summed E-state index contributed by atoms with van der Waals surface area (Å²) < 4.78 is 24.2. The Morgan fingerprint density at radius 1 is 1.03 bits per heavy atom. The number of carbonyl (C=O) groups excluding carboxylic acids is 1. The number of hydrogen-bond acceptors (Lipinski definition) is 4. The molecule has 3 aromatic rings. The van der Waals surface area contributed by atoms with Crippen LogP contribution in [0.5, 0.6) is 5.75 Å². The molecule has 4 nitrogen and oxygen atoms in total. The minimum absolute atomic E-state index is 0.235. The van der Waals surface area contributed by atoms with Gasteiger partial charge >= 0.3 is 5.97 Å². The van der Waals surface area contributed by atoms with E-state index >= 15 is 0 Å². The molecule has 1 aliphatic rings. The summed E-state index contributed by atoms with van der Waals surface area (Å²) in [5.74, 6) is 0.598. The van der Waals surface area contributed by atoms with E-state index in [-0.39, 0.29) is 11.5 Å². The van der Waals surface area contributed by atoms with Crippen molar-refractivity contribution < 1.29 is 18.7 Å². The second-order valence-electron chi connectivity index (χ2n) is 7.60. The van der Waals surface area contributed by atoms with Crippen LogP contribution in [0.15, 0.2) is 83.5 Å². The lowest BCUT2D eigenvalue weighted by Crippen LogP contribution is -2.05. The highest BCUT2D eigenvalue weighted by Crippen LogP contribution is 2.23. The Labute approximate surface area is 180 Å². The minimum Gasteiger partial charge on any atom is -0.489 e. The topological polar surface area (TPSA) is 47.9 Å². The molecule has 1 aliphatic heterocycles. The van der Waals surface area contributed by atoms with Crippen molar-refractivity contribution in [2.45, 2.75) is 26.4 Å². The SMILES string of the molecule is CC(C)c1ccc(C2=N/C(=C\c3cccc(OCc4ccc(F)cc4)c3)C(=O)O2)cc1. The Balaban J connectivity index is 1.49. The molecule has 4 rings (SSSR count). The van der Waals surface area contributed by atoms with E-state index in [0.29, 0.717) is 24.2 Å². The largest absolute Gasteiger partial charge is 0.489 e. The molecule has 0 amide bonds. The fraction of sp³-hybridized carbons (Fsp3) is 0.154. The summed E-state index contributed by atoms with van der Waals surface area (Å²) in [5.41, 5.74) is 3.84. The molecule has 0 atom stereocenters. The van der Waals surface area contributed by atoms with Gasteiger partial charge in [-0.25, -0.2) is 14.2 Å². The third-order valence-corrected chi connectivity index (χ3v) is 4.93. The van der Waals surface area contributed by atoms with Crippen LogP contribution in [0.1, 0.15) is 42.0 Å². The van der Waals surface area contributed by atoms with Gasteiger partial charge in [0.15, 0.2) is 5.70 Å². The molecule has 31 heavy (non-hydrogen) atoms. The van der Waals surface area contributed by atoms with E-state index in [2.05, 4.69) is 18.8 Å². The number of halogens is 1. The molecule has 0 radical (unpaired) electrons. The van der Waals surface area contributed by atoms with Crippen LogP contribution in [0.2, 0.25) is 0 Å². The van der Waals surface area contributed by atoms with E-state index in [9.17, 15) is 9.18 Å². The maximum Gasteiger partial charge on any atom is 0.363 e. The van der Waals surface area contributed by atoms with Crippen LogP contribution >= 0.6 is 0 Å². The van der Waals surface area contributed by atoms with Crippen molar-refractivity contribution in [3.05, 3.63) is 107 Å². The highest BCUT2D eigenvalue weighted by Gasteiger charge is 2.24. The first-order chi connectivity index (χ1) is 15.0. The lowest BCUT2D eigenvalue weighted by molar-refractivity contribution is -0.129. The number of ether oxygens (including phenoxy) is 2. The number of rotatable bonds is 6. The van der Waals surface area contributed by atoms with Gasteiger partial charge in [0, 0.05) is 5.56 Å². The fourth-order valence-corrected chi connectivity index (χ4v) is 3.14. The predicted octanol–water partition coefficient (Wildman–Crippen LogP) is 5.87. The number of cyclic esters (lactones) is 1. The second-order valence-corrected chi connectivity index (χ2v) is 7.60. The summed E-state index contributed by atoms with van der Waals surface area (Å²) in [4.78, 5) is 16.7. The molecule has 0 spiro atoms. The Kier molecular flexibility index (Phi) is 5.94. The van der Waals surface area contributed by atoms with Gasteiger partial charge in [-0.1, -0.05) is 50.2 Å². The molecule has 0 fully saturated rings. The maximum absolute atomic E-state index is 13.0. The van der Waals surface area contributed by atoms with E-state index in [1.807, 2.05) is 48.5 Å². The summed E-state index contributed by atoms with van der Waals surface area (Å²) in [7, 11) is 0. The number of hydrogen-bond donors (Lipinski definition) is 0. The van der Waals surface area contributed by atoms with E-state index in [4.69, 9.17) is 9.47 Å². The number of nitrogens with zero attached hydrogens (tertiary/aromatic N) is 1. The van der Waals surface area contributed by atoms with Crippen molar-refractivity contribution in [3.8, 4) is 5.75 Å². The molecule has 0 aromatic heterocycles. The summed E-state index contributed by atoms with van der Waals surface area (Å²) in [6.45, 7) is 4.57. The zero-order chi connectivity index (χ0) is 21.8. The normalized spacial score (nSPS) is 14.6. The average Bonchev–Trinajstić information content (AvgIpc) is 3.14. The summed E-state index contributed by atoms with van der Waals surface area (Å²) in [6, 6.07) is 21.3. The van der Waals surface area contributed by atoms with Crippen LogP contribution in [-0.4, -0.2) is 11.9 Å². The van der Waals surface area contributed by atoms with Gasteiger partial charge in [0.05, 0.1) is 0 Å². The van der Waals surface area contributed by atoms with E-state index < -0.39 is 5.97 Å². The zero-order valence-electron chi connectivity index (χ0n) is 17.3. The van der Waals surface area contributed by atoms with Crippen molar-refractivity contribution in [3.63, 3.8) is 0 Å². The molecule has 0 saturated heterocycles. The summed E-state index contributed by atoms with van der Waals surface area (Å²) >= 11 is 0. The molecule has 0 saturated carbocycles. The van der Waals surface area contributed by atoms with Crippen LogP contribution in [0.25, 0.3) is 6.08 Å². The standard InChI is InChI=1S/C26H22FNO3/c1-17(2)20-8-10-21(11-9-20)25-28-24(26(29)31-25)15-19-4-3-5-23(14-19)30-16-18-6-12-22(27)13-7-18/h3-15,17H,16H2,1-2H3/b24-15-. The van der Waals surface area contributed by atoms with Crippen LogP contribution in [-0.2, 0) is 16.1 Å². The Hall–Kier alpha value is -3.73. The number of carbonyl (C=O) groups is 1. The van der Waals surface area contributed by atoms with Gasteiger partial charge in [-0.2, -0.15) is 0 Å². The molecule has 1 heterocycles. The monoisotopic (exact) mass is 415 g/mol. The van der Waals surface area contributed by atoms with Gasteiger partial charge in [-0.3, -0.25) is 0 Å². The summed E-state index contributed by atoms with van der Waals surface area (Å²) in [5, 5.41) is 0. The van der Waals surface area contributed by atoms with Crippen molar-refractivity contribution in [2.75, 3.05) is 0 Å². The van der Waals surface area contributed by atoms with Crippen LogP contribution in [0.4, 0.5) is 4.39 Å². The summed E-state index contributed by atoms with van der Waals surface area (Å²) in [6.07, 6.45) is 1.67. The predicted molar refractivity (Wildman–Crippen MR) is 118 cm³/mol. The van der Waals surface area contributed by atoms with Gasteiger partial charge in [-0.15, -0.1) is 0 Å². The molecule has 0 aliphatic carbocycles. The van der Waals surface area contributed by atoms with Crippen LogP contribution < -0.4 is 4.74 Å². The fourth-order valence-electron chi connectivity index (χ4n) is 3.14. The Bertz CT molecular complexity index is 1150. The zero-order valence-corrected chi connectivity index (χ0v) is 17.3. The van der Waals surface area contributed by atoms with Crippen molar-refractivity contribution in [1.82, 2.24) is 0 Å². The number of aliphatic imine (C=N–C) groups is 1. The molecular weight excluding hydrogens is 393 g/mol. The first-order valence-electron chi connectivity index (χ1n) is 10.1. The maximum atomic E-state index is 13.0. The van der Waals surface area contributed by atoms with Gasteiger partial charge in [-0.05, 0) is 65.1 Å². The van der Waals surface area contributed by atoms with Gasteiger partial charge in [0.25, 0.3) is 0 Å². The Morgan fingerprint density at radius 3 is 2.48 bits per heavy atom. The van der Waals surface area contributed by atoms with Crippen LogP contribution in [0.3, 0.4) is 0 Å². The number of esters is 1. The third kappa shape index (κ3) is 5.07. The van der Waals surface area contributed by atoms with Crippen molar-refractivity contribution in [2.24, 2.45) is 4.99 Å². The highest BCUT2D eigenvalue weighted by molar-refractivity contribution is 6.12. The van der Waals surface area contributed by atoms with Crippen LogP contribution in [0, 0.1) is 5.82 Å². The van der Waals surface area contributed by atoms with Crippen molar-refractivity contribution in [1.29, 1.82) is 0 Å². The first-order valence-corrected chi connectivity index (χ1v) is 10.1. The van der Waals surface area contributed by atoms with E-state index in [0.717, 1.165) is 16.7 Å². The van der Waals surface area contributed by atoms with E-state index in [1.165, 1.54) is 17.7 Å². The second kappa shape index (κ2) is 8.96. The van der Waals surface area contributed by atoms with Gasteiger partial charge in [0.1, 0.15) is 18.2 Å². The Morgan fingerprint density at radius 2 is 1.77 bits per heavy atom. The molecule has 3 aromatic carbocycles. The lowest BCUT2D eigenvalue weighted by atomic mass is 10.0. The highest BCUT2D eigenvalue weighted by atomic mass is 19.1. The average molecular weight is 415 g/mol. The molecule has 0 bridgehead atoms. The smallest absolute Gasteiger partial charge is 0.363 e. The lowest BCUT2D eigenvalue weighted by Gasteiger charge is -2.07. The molecular formula is C26H22FNO3. The minimum atomic E-state index is -0.486. The van der Waals surface area contributed by atoms with E-state index in [1.54, 1.807) is 18.2 Å². The van der Waals surface area contributed by atoms with Gasteiger partial charge in [0.2, 0.25) is 5.90 Å². The number of benzene rings is 3. The molecule has 156 valence electrons. The molecule has 0 unspecified atom stereocenters. The molecule has 0 N–H and O–H groups in total. The molecule has 5 heteroatoms. The van der Waals surface area contributed by atoms with Gasteiger partial charge < -0.3 is 9.47 Å². The quantitative estimate of drug-likeness (QED) is 0.374.